The molecule has 2 aliphatic rings. The van der Waals surface area contributed by atoms with E-state index in [0.29, 0.717) is 6.04 Å². The van der Waals surface area contributed by atoms with E-state index in [0.717, 1.165) is 17.7 Å². The molecule has 5 heteroatoms. The first kappa shape index (κ1) is 11.0. The highest BCUT2D eigenvalue weighted by Gasteiger charge is 2.45. The lowest BCUT2D eigenvalue weighted by atomic mass is 10.1. The zero-order valence-corrected chi connectivity index (χ0v) is 10.6. The summed E-state index contributed by atoms with van der Waals surface area (Å²) in [5, 5.41) is 3.37. The topological polar surface area (TPSA) is 59.1 Å². The molecule has 2 fully saturated rings. The van der Waals surface area contributed by atoms with Gasteiger partial charge in [-0.2, -0.15) is 0 Å². The molecule has 1 N–H and O–H groups in total. The van der Waals surface area contributed by atoms with Gasteiger partial charge in [0.2, 0.25) is 0 Å². The van der Waals surface area contributed by atoms with Crippen LogP contribution in [0, 0.1) is 11.8 Å². The molecule has 1 aromatic rings. The second kappa shape index (κ2) is 3.70. The largest absolute Gasteiger partial charge is 0.367 e. The predicted octanol–water partition coefficient (Wildman–Crippen LogP) is 1.70. The summed E-state index contributed by atoms with van der Waals surface area (Å²) in [5.41, 5.74) is 0. The summed E-state index contributed by atoms with van der Waals surface area (Å²) in [4.78, 5) is 4.43. The summed E-state index contributed by atoms with van der Waals surface area (Å²) in [6.07, 6.45) is 6.49. The lowest BCUT2D eigenvalue weighted by Gasteiger charge is -2.14. The number of sulfone groups is 1. The van der Waals surface area contributed by atoms with E-state index in [2.05, 4.69) is 10.3 Å². The van der Waals surface area contributed by atoms with Gasteiger partial charge in [-0.1, -0.05) is 0 Å². The summed E-state index contributed by atoms with van der Waals surface area (Å²) in [6.45, 7) is 0. The van der Waals surface area contributed by atoms with Gasteiger partial charge in [-0.25, -0.2) is 13.4 Å². The minimum Gasteiger partial charge on any atom is -0.367 e. The number of fused-ring (bicyclic) bond motifs is 1. The van der Waals surface area contributed by atoms with E-state index >= 15 is 0 Å². The summed E-state index contributed by atoms with van der Waals surface area (Å²) >= 11 is 0. The molecule has 1 aromatic heterocycles. The molecule has 2 atom stereocenters. The minimum atomic E-state index is -3.14. The van der Waals surface area contributed by atoms with Crippen molar-refractivity contribution in [3.63, 3.8) is 0 Å². The second-order valence-corrected chi connectivity index (χ2v) is 7.24. The van der Waals surface area contributed by atoms with Gasteiger partial charge in [0.05, 0.1) is 4.90 Å². The third-order valence-corrected chi connectivity index (χ3v) is 4.86. The molecule has 4 nitrogen and oxygen atoms in total. The molecular weight excluding hydrogens is 236 g/mol. The highest BCUT2D eigenvalue weighted by molar-refractivity contribution is 7.90. The molecule has 0 spiro atoms. The summed E-state index contributed by atoms with van der Waals surface area (Å²) < 4.78 is 22.6. The van der Waals surface area contributed by atoms with Crippen LogP contribution in [-0.4, -0.2) is 25.7 Å². The van der Waals surface area contributed by atoms with Gasteiger partial charge in [0.25, 0.3) is 0 Å². The van der Waals surface area contributed by atoms with E-state index in [-0.39, 0.29) is 4.90 Å². The Morgan fingerprint density at radius 2 is 1.94 bits per heavy atom. The fraction of sp³-hybridized carbons (Fsp3) is 0.583. The van der Waals surface area contributed by atoms with E-state index in [4.69, 9.17) is 0 Å². The van der Waals surface area contributed by atoms with E-state index in [1.165, 1.54) is 31.7 Å². The lowest BCUT2D eigenvalue weighted by molar-refractivity contribution is 0.601. The van der Waals surface area contributed by atoms with Crippen LogP contribution in [-0.2, 0) is 9.84 Å². The third-order valence-electron chi connectivity index (χ3n) is 3.76. The van der Waals surface area contributed by atoms with Crippen LogP contribution in [0.2, 0.25) is 0 Å². The molecule has 2 unspecified atom stereocenters. The fourth-order valence-electron chi connectivity index (χ4n) is 2.73. The Morgan fingerprint density at radius 1 is 1.24 bits per heavy atom. The van der Waals surface area contributed by atoms with Gasteiger partial charge in [-0.15, -0.1) is 0 Å². The first-order valence-electron chi connectivity index (χ1n) is 5.95. The van der Waals surface area contributed by atoms with Crippen molar-refractivity contribution in [2.24, 2.45) is 11.8 Å². The monoisotopic (exact) mass is 252 g/mol. The normalized spacial score (nSPS) is 31.0. The van der Waals surface area contributed by atoms with E-state index in [1.807, 2.05) is 0 Å². The Balaban J connectivity index is 1.68. The van der Waals surface area contributed by atoms with Gasteiger partial charge in [0.15, 0.2) is 9.84 Å². The Labute approximate surface area is 101 Å². The molecule has 0 saturated heterocycles. The molecule has 2 aliphatic carbocycles. The van der Waals surface area contributed by atoms with Gasteiger partial charge in [0.1, 0.15) is 5.82 Å². The van der Waals surface area contributed by atoms with Crippen molar-refractivity contribution in [3.05, 3.63) is 18.3 Å². The van der Waals surface area contributed by atoms with Crippen LogP contribution in [0.15, 0.2) is 23.2 Å². The van der Waals surface area contributed by atoms with Crippen LogP contribution >= 0.6 is 0 Å². The van der Waals surface area contributed by atoms with Crippen LogP contribution in [0.3, 0.4) is 0 Å². The predicted molar refractivity (Wildman–Crippen MR) is 65.6 cm³/mol. The van der Waals surface area contributed by atoms with E-state index < -0.39 is 9.84 Å². The maximum atomic E-state index is 11.3. The van der Waals surface area contributed by atoms with E-state index in [1.54, 1.807) is 12.1 Å². The molecule has 17 heavy (non-hydrogen) atoms. The van der Waals surface area contributed by atoms with Gasteiger partial charge in [-0.3, -0.25) is 0 Å². The van der Waals surface area contributed by atoms with Crippen molar-refractivity contribution < 1.29 is 8.42 Å². The number of nitrogens with zero attached hydrogens (tertiary/aromatic N) is 1. The molecule has 0 aromatic carbocycles. The zero-order valence-electron chi connectivity index (χ0n) is 9.76. The highest BCUT2D eigenvalue weighted by atomic mass is 32.2. The molecule has 0 aliphatic heterocycles. The standard InChI is InChI=1S/C12H16N2O2S/c1-17(15,16)11-2-3-12(13-7-11)14-10-5-8-4-9(8)6-10/h2-3,7-10H,4-6H2,1H3,(H,13,14). The van der Waals surface area contributed by atoms with Crippen molar-refractivity contribution in [2.45, 2.75) is 30.2 Å². The number of rotatable bonds is 3. The number of aromatic nitrogens is 1. The Hall–Kier alpha value is -1.10. The number of hydrogen-bond donors (Lipinski definition) is 1. The Bertz CT molecular complexity index is 514. The highest BCUT2D eigenvalue weighted by Crippen LogP contribution is 2.52. The minimum absolute atomic E-state index is 0.275. The van der Waals surface area contributed by atoms with Crippen LogP contribution in [0.4, 0.5) is 5.82 Å². The number of anilines is 1. The van der Waals surface area contributed by atoms with Gasteiger partial charge >= 0.3 is 0 Å². The zero-order chi connectivity index (χ0) is 12.0. The van der Waals surface area contributed by atoms with E-state index in [9.17, 15) is 8.42 Å². The first-order valence-corrected chi connectivity index (χ1v) is 7.84. The van der Waals surface area contributed by atoms with Gasteiger partial charge in [-0.05, 0) is 43.2 Å². The lowest BCUT2D eigenvalue weighted by Crippen LogP contribution is -2.17. The van der Waals surface area contributed by atoms with Gasteiger partial charge < -0.3 is 5.32 Å². The summed E-state index contributed by atoms with van der Waals surface area (Å²) in [6, 6.07) is 3.89. The Morgan fingerprint density at radius 3 is 2.47 bits per heavy atom. The van der Waals surface area contributed by atoms with Crippen molar-refractivity contribution in [2.75, 3.05) is 11.6 Å². The molecular formula is C12H16N2O2S. The Kier molecular flexibility index (Phi) is 2.40. The molecule has 3 rings (SSSR count). The molecule has 1 heterocycles. The molecule has 2 saturated carbocycles. The number of pyridine rings is 1. The number of nitrogens with one attached hydrogen (secondary N) is 1. The SMILES string of the molecule is CS(=O)(=O)c1ccc(NC2CC3CC3C2)nc1. The van der Waals surface area contributed by atoms with Crippen LogP contribution in [0.1, 0.15) is 19.3 Å². The maximum Gasteiger partial charge on any atom is 0.177 e. The summed E-state index contributed by atoms with van der Waals surface area (Å²) in [5.74, 6) is 2.65. The third kappa shape index (κ3) is 2.29. The van der Waals surface area contributed by atoms with Crippen molar-refractivity contribution in [1.82, 2.24) is 4.98 Å². The fourth-order valence-corrected chi connectivity index (χ4v) is 3.29. The smallest absolute Gasteiger partial charge is 0.177 e. The van der Waals surface area contributed by atoms with Crippen molar-refractivity contribution in [1.29, 1.82) is 0 Å². The molecule has 92 valence electrons. The van der Waals surface area contributed by atoms with Crippen LogP contribution in [0.5, 0.6) is 0 Å². The van der Waals surface area contributed by atoms with Crippen molar-refractivity contribution in [3.8, 4) is 0 Å². The van der Waals surface area contributed by atoms with Gasteiger partial charge in [0, 0.05) is 18.5 Å². The average Bonchev–Trinajstić information content (AvgIpc) is 2.86. The van der Waals surface area contributed by atoms with Crippen LogP contribution < -0.4 is 5.32 Å². The average molecular weight is 252 g/mol. The molecule has 0 bridgehead atoms. The molecule has 0 radical (unpaired) electrons. The second-order valence-electron chi connectivity index (χ2n) is 5.22. The molecule has 0 amide bonds. The van der Waals surface area contributed by atoms with Crippen LogP contribution in [0.25, 0.3) is 0 Å². The maximum absolute atomic E-state index is 11.3. The quantitative estimate of drug-likeness (QED) is 0.889. The van der Waals surface area contributed by atoms with Crippen molar-refractivity contribution >= 4 is 15.7 Å². The first-order chi connectivity index (χ1) is 8.02. The summed E-state index contributed by atoms with van der Waals surface area (Å²) in [7, 11) is -3.14. The number of hydrogen-bond acceptors (Lipinski definition) is 4.